The number of alkyl halides is 3. The van der Waals surface area contributed by atoms with Crippen LogP contribution in [0.25, 0.3) is 5.65 Å². The van der Waals surface area contributed by atoms with E-state index in [4.69, 9.17) is 0 Å². The quantitative estimate of drug-likeness (QED) is 0.834. The van der Waals surface area contributed by atoms with Crippen LogP contribution in [0.1, 0.15) is 49.4 Å². The van der Waals surface area contributed by atoms with Crippen molar-refractivity contribution in [2.24, 2.45) is 5.92 Å². The molecule has 2 aromatic heterocycles. The van der Waals surface area contributed by atoms with Gasteiger partial charge in [-0.15, -0.1) is 10.2 Å². The Bertz CT molecular complexity index is 797. The van der Waals surface area contributed by atoms with Gasteiger partial charge in [-0.3, -0.25) is 9.20 Å². The van der Waals surface area contributed by atoms with Gasteiger partial charge in [0.05, 0.1) is 5.56 Å². The molecule has 8 heteroatoms. The monoisotopic (exact) mass is 352 g/mol. The highest BCUT2D eigenvalue weighted by atomic mass is 19.4. The Morgan fingerprint density at radius 3 is 2.60 bits per heavy atom. The Morgan fingerprint density at radius 2 is 1.92 bits per heavy atom. The average Bonchev–Trinajstić information content (AvgIpc) is 2.95. The Labute approximate surface area is 142 Å². The molecule has 0 spiro atoms. The highest BCUT2D eigenvalue weighted by Gasteiger charge is 2.35. The van der Waals surface area contributed by atoms with Gasteiger partial charge in [0.25, 0.3) is 0 Å². The number of nitrogens with zero attached hydrogens (tertiary/aromatic N) is 4. The van der Waals surface area contributed by atoms with Gasteiger partial charge in [-0.1, -0.05) is 6.42 Å². The Hall–Kier alpha value is -2.12. The zero-order chi connectivity index (χ0) is 17.6. The number of piperidine rings is 1. The van der Waals surface area contributed by atoms with Crippen LogP contribution >= 0.6 is 0 Å². The number of rotatable bonds is 2. The van der Waals surface area contributed by atoms with Crippen LogP contribution in [0.15, 0.2) is 18.3 Å². The number of pyridine rings is 1. The largest absolute Gasteiger partial charge is 0.417 e. The van der Waals surface area contributed by atoms with E-state index < -0.39 is 11.7 Å². The summed E-state index contributed by atoms with van der Waals surface area (Å²) in [7, 11) is 0. The van der Waals surface area contributed by atoms with E-state index in [0.29, 0.717) is 18.0 Å². The molecule has 4 rings (SSSR count). The predicted molar refractivity (Wildman–Crippen MR) is 83.9 cm³/mol. The van der Waals surface area contributed by atoms with Gasteiger partial charge in [0, 0.05) is 31.1 Å². The van der Waals surface area contributed by atoms with E-state index in [1.807, 2.05) is 4.90 Å². The van der Waals surface area contributed by atoms with Gasteiger partial charge in [0.1, 0.15) is 5.82 Å². The Kier molecular flexibility index (Phi) is 3.92. The van der Waals surface area contributed by atoms with Crippen molar-refractivity contribution < 1.29 is 18.0 Å². The molecule has 0 aromatic carbocycles. The van der Waals surface area contributed by atoms with Crippen molar-refractivity contribution in [3.05, 3.63) is 29.7 Å². The summed E-state index contributed by atoms with van der Waals surface area (Å²) in [5, 5.41) is 8.11. The van der Waals surface area contributed by atoms with E-state index in [9.17, 15) is 18.0 Å². The van der Waals surface area contributed by atoms with Crippen LogP contribution in [0.4, 0.5) is 13.2 Å². The van der Waals surface area contributed by atoms with Crippen LogP contribution in [-0.2, 0) is 11.0 Å². The first-order valence-electron chi connectivity index (χ1n) is 8.64. The molecule has 3 heterocycles. The van der Waals surface area contributed by atoms with Gasteiger partial charge in [-0.2, -0.15) is 13.2 Å². The molecule has 1 aliphatic heterocycles. The van der Waals surface area contributed by atoms with Crippen LogP contribution < -0.4 is 0 Å². The molecule has 0 radical (unpaired) electrons. The number of hydrogen-bond donors (Lipinski definition) is 0. The molecular formula is C17H19F3N4O. The topological polar surface area (TPSA) is 50.5 Å². The molecule has 1 saturated carbocycles. The lowest BCUT2D eigenvalue weighted by Crippen LogP contribution is -2.44. The summed E-state index contributed by atoms with van der Waals surface area (Å²) < 4.78 is 40.4. The number of halogens is 3. The molecule has 1 unspecified atom stereocenters. The summed E-state index contributed by atoms with van der Waals surface area (Å²) in [5.41, 5.74) is -0.329. The van der Waals surface area contributed by atoms with Gasteiger partial charge in [0.2, 0.25) is 5.91 Å². The molecule has 0 bridgehead atoms. The van der Waals surface area contributed by atoms with Crippen molar-refractivity contribution in [3.63, 3.8) is 0 Å². The van der Waals surface area contributed by atoms with Crippen molar-refractivity contribution in [1.29, 1.82) is 0 Å². The molecule has 2 fully saturated rings. The molecule has 1 saturated heterocycles. The second-order valence-electron chi connectivity index (χ2n) is 6.95. The lowest BCUT2D eigenvalue weighted by Gasteiger charge is -2.36. The third kappa shape index (κ3) is 2.98. The maximum Gasteiger partial charge on any atom is 0.417 e. The van der Waals surface area contributed by atoms with E-state index in [-0.39, 0.29) is 17.7 Å². The van der Waals surface area contributed by atoms with Crippen LogP contribution in [0.2, 0.25) is 0 Å². The minimum absolute atomic E-state index is 0.0868. The molecule has 5 nitrogen and oxygen atoms in total. The molecular weight excluding hydrogens is 333 g/mol. The number of fused-ring (bicyclic) bond motifs is 1. The Morgan fingerprint density at radius 1 is 1.12 bits per heavy atom. The lowest BCUT2D eigenvalue weighted by atomic mass is 9.83. The van der Waals surface area contributed by atoms with Gasteiger partial charge in [-0.05, 0) is 37.8 Å². The molecule has 1 atom stereocenters. The fourth-order valence-electron chi connectivity index (χ4n) is 3.66. The van der Waals surface area contributed by atoms with Crippen molar-refractivity contribution in [2.75, 3.05) is 13.1 Å². The summed E-state index contributed by atoms with van der Waals surface area (Å²) in [6, 6.07) is 2.35. The summed E-state index contributed by atoms with van der Waals surface area (Å²) >= 11 is 0. The standard InChI is InChI=1S/C17H19F3N4O/c18-17(19,20)13-6-7-14-21-22-15(24(14)10-13)12-5-2-8-23(9-12)16(25)11-3-1-4-11/h6-7,10-12H,1-5,8-9H2. The van der Waals surface area contributed by atoms with Crippen molar-refractivity contribution in [1.82, 2.24) is 19.5 Å². The van der Waals surface area contributed by atoms with Crippen molar-refractivity contribution in [3.8, 4) is 0 Å². The molecule has 2 aliphatic rings. The van der Waals surface area contributed by atoms with Crippen molar-refractivity contribution in [2.45, 2.75) is 44.2 Å². The minimum Gasteiger partial charge on any atom is -0.342 e. The molecule has 0 N–H and O–H groups in total. The van der Waals surface area contributed by atoms with Crippen LogP contribution in [0.3, 0.4) is 0 Å². The van der Waals surface area contributed by atoms with Gasteiger partial charge in [-0.25, -0.2) is 0 Å². The first kappa shape index (κ1) is 16.4. The molecule has 1 aliphatic carbocycles. The zero-order valence-electron chi connectivity index (χ0n) is 13.7. The fourth-order valence-corrected chi connectivity index (χ4v) is 3.66. The van der Waals surface area contributed by atoms with Crippen molar-refractivity contribution >= 4 is 11.6 Å². The van der Waals surface area contributed by atoms with Crippen LogP contribution in [-0.4, -0.2) is 38.5 Å². The number of hydrogen-bond acceptors (Lipinski definition) is 3. The lowest BCUT2D eigenvalue weighted by molar-refractivity contribution is -0.139. The number of likely N-dealkylation sites (tertiary alicyclic amines) is 1. The summed E-state index contributed by atoms with van der Waals surface area (Å²) in [6.07, 6.45) is 1.27. The van der Waals surface area contributed by atoms with Gasteiger partial charge < -0.3 is 4.90 Å². The van der Waals surface area contributed by atoms with E-state index in [1.165, 1.54) is 10.5 Å². The SMILES string of the molecule is O=C(C1CCC1)N1CCCC(c2nnc3ccc(C(F)(F)F)cn23)C1. The second kappa shape index (κ2) is 6.00. The number of amides is 1. The first-order chi connectivity index (χ1) is 11.9. The van der Waals surface area contributed by atoms with E-state index in [1.54, 1.807) is 0 Å². The molecule has 1 amide bonds. The van der Waals surface area contributed by atoms with E-state index >= 15 is 0 Å². The smallest absolute Gasteiger partial charge is 0.342 e. The van der Waals surface area contributed by atoms with Gasteiger partial charge in [0.15, 0.2) is 5.65 Å². The van der Waals surface area contributed by atoms with E-state index in [0.717, 1.165) is 50.9 Å². The Balaban J connectivity index is 1.61. The summed E-state index contributed by atoms with van der Waals surface area (Å²) in [4.78, 5) is 14.3. The average molecular weight is 352 g/mol. The van der Waals surface area contributed by atoms with Crippen LogP contribution in [0.5, 0.6) is 0 Å². The van der Waals surface area contributed by atoms with Gasteiger partial charge >= 0.3 is 6.18 Å². The minimum atomic E-state index is -4.41. The second-order valence-corrected chi connectivity index (χ2v) is 6.95. The normalized spacial score (nSPS) is 22.2. The fraction of sp³-hybridized carbons (Fsp3) is 0.588. The van der Waals surface area contributed by atoms with E-state index in [2.05, 4.69) is 10.2 Å². The first-order valence-corrected chi connectivity index (χ1v) is 8.64. The molecule has 2 aromatic rings. The summed E-state index contributed by atoms with van der Waals surface area (Å²) in [6.45, 7) is 1.22. The highest BCUT2D eigenvalue weighted by molar-refractivity contribution is 5.79. The maximum absolute atomic E-state index is 13.0. The molecule has 134 valence electrons. The van der Waals surface area contributed by atoms with Crippen LogP contribution in [0, 0.1) is 5.92 Å². The summed E-state index contributed by atoms with van der Waals surface area (Å²) in [5.74, 6) is 0.731. The number of carbonyl (C=O) groups is 1. The third-order valence-electron chi connectivity index (χ3n) is 5.31. The number of aromatic nitrogens is 3. The predicted octanol–water partition coefficient (Wildman–Crippen LogP) is 3.25. The highest BCUT2D eigenvalue weighted by Crippen LogP contribution is 2.33. The third-order valence-corrected chi connectivity index (χ3v) is 5.31. The zero-order valence-corrected chi connectivity index (χ0v) is 13.7. The molecule has 25 heavy (non-hydrogen) atoms. The number of carbonyl (C=O) groups excluding carboxylic acids is 1. The maximum atomic E-state index is 13.0.